The molecule has 0 spiro atoms. The third kappa shape index (κ3) is 3.29. The highest BCUT2D eigenvalue weighted by molar-refractivity contribution is 5.67. The first-order valence-corrected chi connectivity index (χ1v) is 6.52. The zero-order valence-corrected chi connectivity index (χ0v) is 12.4. The number of ether oxygens (including phenoxy) is 1. The van der Waals surface area contributed by atoms with Crippen LogP contribution in [0.4, 0.5) is 4.39 Å². The number of aromatic hydroxyl groups is 1. The number of rotatable bonds is 3. The Labute approximate surface area is 126 Å². The van der Waals surface area contributed by atoms with Gasteiger partial charge in [0.2, 0.25) is 5.88 Å². The van der Waals surface area contributed by atoms with Crippen molar-refractivity contribution in [3.05, 3.63) is 35.8 Å². The highest BCUT2D eigenvalue weighted by Gasteiger charge is 2.21. The Morgan fingerprint density at radius 3 is 2.67 bits per heavy atom. The minimum atomic E-state index is -1.93. The fourth-order valence-corrected chi connectivity index (χ4v) is 2.03. The van der Waals surface area contributed by atoms with Gasteiger partial charge in [0.1, 0.15) is 11.6 Å². The van der Waals surface area contributed by atoms with Crippen LogP contribution in [0.2, 0.25) is 0 Å². The highest BCUT2D eigenvalue weighted by Crippen LogP contribution is 2.36. The van der Waals surface area contributed by atoms with Gasteiger partial charge in [-0.15, -0.1) is 5.10 Å². The number of aromatic nitrogens is 2. The van der Waals surface area contributed by atoms with Gasteiger partial charge in [-0.3, -0.25) is 0 Å². The van der Waals surface area contributed by atoms with Crippen molar-refractivity contribution in [2.45, 2.75) is 33.1 Å². The molecule has 112 valence electrons. The number of phenolic OH excluding ortho intramolecular Hbond substituents is 1. The van der Waals surface area contributed by atoms with Gasteiger partial charge in [-0.2, -0.15) is 5.10 Å². The summed E-state index contributed by atoms with van der Waals surface area (Å²) in [5.74, 6) is -0.584. The van der Waals surface area contributed by atoms with Gasteiger partial charge in [0.05, 0.1) is 15.5 Å². The van der Waals surface area contributed by atoms with Gasteiger partial charge in [-0.1, -0.05) is 20.8 Å². The van der Waals surface area contributed by atoms with Crippen LogP contribution in [0.3, 0.4) is 0 Å². The minimum absolute atomic E-state index is 0.0148. The maximum absolute atomic E-state index is 14.4. The molecule has 1 aromatic carbocycles. The van der Waals surface area contributed by atoms with Crippen molar-refractivity contribution in [3.8, 4) is 22.8 Å². The molecule has 1 heterocycles. The van der Waals surface area contributed by atoms with Crippen LogP contribution < -0.4 is 4.74 Å². The molecule has 0 saturated heterocycles. The van der Waals surface area contributed by atoms with Crippen LogP contribution in [0.5, 0.6) is 11.6 Å². The summed E-state index contributed by atoms with van der Waals surface area (Å²) in [5.41, 5.74) is 0.591. The molecule has 5 heteroatoms. The van der Waals surface area contributed by atoms with E-state index >= 15 is 0 Å². The summed E-state index contributed by atoms with van der Waals surface area (Å²) < 4.78 is 34.2. The molecule has 0 radical (unpaired) electrons. The third-order valence-corrected chi connectivity index (χ3v) is 3.04. The Kier molecular flexibility index (Phi) is 3.39. The van der Waals surface area contributed by atoms with E-state index in [1.807, 2.05) is 20.8 Å². The van der Waals surface area contributed by atoms with Crippen LogP contribution in [0.1, 0.15) is 36.0 Å². The van der Waals surface area contributed by atoms with Crippen molar-refractivity contribution in [2.75, 3.05) is 6.56 Å². The molecule has 0 aliphatic carbocycles. The molecule has 0 saturated carbocycles. The molecule has 0 atom stereocenters. The van der Waals surface area contributed by atoms with Gasteiger partial charge < -0.3 is 9.84 Å². The van der Waals surface area contributed by atoms with Crippen LogP contribution in [-0.4, -0.2) is 21.9 Å². The number of halogens is 1. The van der Waals surface area contributed by atoms with Gasteiger partial charge >= 0.3 is 0 Å². The van der Waals surface area contributed by atoms with Gasteiger partial charge in [0, 0.05) is 22.8 Å². The van der Waals surface area contributed by atoms with E-state index in [0.29, 0.717) is 11.1 Å². The number of phenols is 1. The van der Waals surface area contributed by atoms with Crippen molar-refractivity contribution < 1.29 is 17.0 Å². The lowest BCUT2D eigenvalue weighted by molar-refractivity contribution is 0.323. The van der Waals surface area contributed by atoms with E-state index in [1.165, 1.54) is 31.3 Å². The summed E-state index contributed by atoms with van der Waals surface area (Å²) in [6, 6.07) is 4.00. The normalized spacial score (nSPS) is 13.6. The van der Waals surface area contributed by atoms with E-state index in [1.54, 1.807) is 0 Å². The van der Waals surface area contributed by atoms with Gasteiger partial charge in [0.15, 0.2) is 0 Å². The first kappa shape index (κ1) is 12.6. The Balaban J connectivity index is 2.47. The predicted octanol–water partition coefficient (Wildman–Crippen LogP) is 3.68. The van der Waals surface area contributed by atoms with E-state index in [-0.39, 0.29) is 17.2 Å². The van der Waals surface area contributed by atoms with Gasteiger partial charge in [-0.25, -0.2) is 4.39 Å². The lowest BCUT2D eigenvalue weighted by Crippen LogP contribution is -2.12. The maximum atomic E-state index is 14.4. The summed E-state index contributed by atoms with van der Waals surface area (Å²) in [6.07, 6.45) is 1.33. The molecule has 4 nitrogen and oxygen atoms in total. The van der Waals surface area contributed by atoms with Gasteiger partial charge in [0.25, 0.3) is 0 Å². The molecule has 2 aromatic rings. The Bertz CT molecular complexity index is 725. The lowest BCUT2D eigenvalue weighted by atomic mass is 9.85. The summed E-state index contributed by atoms with van der Waals surface area (Å²) in [6.45, 7) is 4.94. The second-order valence-electron chi connectivity index (χ2n) is 5.69. The number of hydrogen-bond donors (Lipinski definition) is 1. The minimum Gasteiger partial charge on any atom is -0.508 e. The SMILES string of the molecule is [2H]C([2H])(C)Oc1cc(-c2cc(O)c(C(C)(C)C)cc2F)cnn1. The van der Waals surface area contributed by atoms with E-state index in [4.69, 9.17) is 7.48 Å². The number of benzene rings is 1. The zero-order chi connectivity index (χ0) is 17.4. The molecule has 1 N–H and O–H groups in total. The molecular formula is C16H19FN2O2. The Morgan fingerprint density at radius 1 is 1.33 bits per heavy atom. The number of hydrogen-bond acceptors (Lipinski definition) is 4. The molecule has 2 rings (SSSR count). The monoisotopic (exact) mass is 292 g/mol. The number of nitrogens with zero attached hydrogens (tertiary/aromatic N) is 2. The van der Waals surface area contributed by atoms with Crippen LogP contribution in [0.15, 0.2) is 24.4 Å². The summed E-state index contributed by atoms with van der Waals surface area (Å²) in [4.78, 5) is 0. The van der Waals surface area contributed by atoms with E-state index < -0.39 is 17.8 Å². The second kappa shape index (κ2) is 5.68. The Hall–Kier alpha value is -2.17. The van der Waals surface area contributed by atoms with Crippen molar-refractivity contribution in [3.63, 3.8) is 0 Å². The fraction of sp³-hybridized carbons (Fsp3) is 0.375. The predicted molar refractivity (Wildman–Crippen MR) is 79.0 cm³/mol. The zero-order valence-electron chi connectivity index (χ0n) is 14.4. The summed E-state index contributed by atoms with van der Waals surface area (Å²) in [5, 5.41) is 17.5. The van der Waals surface area contributed by atoms with Crippen LogP contribution in [-0.2, 0) is 5.41 Å². The van der Waals surface area contributed by atoms with Crippen molar-refractivity contribution in [1.29, 1.82) is 0 Å². The largest absolute Gasteiger partial charge is 0.508 e. The van der Waals surface area contributed by atoms with E-state index in [0.717, 1.165) is 0 Å². The average molecular weight is 292 g/mol. The van der Waals surface area contributed by atoms with Crippen LogP contribution in [0, 0.1) is 5.82 Å². The molecular weight excluding hydrogens is 271 g/mol. The molecule has 21 heavy (non-hydrogen) atoms. The Morgan fingerprint density at radius 2 is 2.05 bits per heavy atom. The van der Waals surface area contributed by atoms with Crippen molar-refractivity contribution in [1.82, 2.24) is 10.2 Å². The van der Waals surface area contributed by atoms with Crippen molar-refractivity contribution in [2.24, 2.45) is 0 Å². The third-order valence-electron chi connectivity index (χ3n) is 3.04. The standard InChI is InChI=1S/C16H19FN2O2/c1-5-21-15-6-10(9-18-19-15)11-7-14(20)12(8-13(11)17)16(2,3)4/h6-9,20H,5H2,1-4H3/i5D2. The van der Waals surface area contributed by atoms with E-state index in [2.05, 4.69) is 10.2 Å². The van der Waals surface area contributed by atoms with Crippen molar-refractivity contribution >= 4 is 0 Å². The average Bonchev–Trinajstić information content (AvgIpc) is 2.38. The van der Waals surface area contributed by atoms with Crippen LogP contribution >= 0.6 is 0 Å². The molecule has 0 bridgehead atoms. The molecule has 0 fully saturated rings. The molecule has 0 aliphatic rings. The molecule has 0 amide bonds. The molecule has 1 aromatic heterocycles. The molecule has 0 unspecified atom stereocenters. The summed E-state index contributed by atoms with van der Waals surface area (Å²) in [7, 11) is 0. The first-order valence-electron chi connectivity index (χ1n) is 7.52. The van der Waals surface area contributed by atoms with E-state index in [9.17, 15) is 9.50 Å². The lowest BCUT2D eigenvalue weighted by Gasteiger charge is -2.21. The van der Waals surface area contributed by atoms with Gasteiger partial charge in [-0.05, 0) is 24.5 Å². The highest BCUT2D eigenvalue weighted by atomic mass is 19.1. The topological polar surface area (TPSA) is 55.2 Å². The first-order chi connectivity index (χ1) is 10.5. The molecule has 0 aliphatic heterocycles. The quantitative estimate of drug-likeness (QED) is 0.937. The second-order valence-corrected chi connectivity index (χ2v) is 5.69. The smallest absolute Gasteiger partial charge is 0.233 e. The summed E-state index contributed by atoms with van der Waals surface area (Å²) >= 11 is 0. The fourth-order valence-electron chi connectivity index (χ4n) is 2.03. The maximum Gasteiger partial charge on any atom is 0.233 e. The van der Waals surface area contributed by atoms with Crippen LogP contribution in [0.25, 0.3) is 11.1 Å².